The van der Waals surface area contributed by atoms with Crippen LogP contribution in [0.1, 0.15) is 0 Å². The second kappa shape index (κ2) is 3.52. The van der Waals surface area contributed by atoms with Crippen LogP contribution in [-0.4, -0.2) is 7.11 Å². The molecule has 0 aliphatic heterocycles. The third-order valence-corrected chi connectivity index (χ3v) is 4.66. The second-order valence-electron chi connectivity index (χ2n) is 2.58. The molecule has 0 aliphatic rings. The van der Waals surface area contributed by atoms with E-state index in [9.17, 15) is 0 Å². The summed E-state index contributed by atoms with van der Waals surface area (Å²) in [7, 11) is 1.67. The molecule has 0 fully saturated rings. The van der Waals surface area contributed by atoms with Crippen LogP contribution in [0.2, 0.25) is 0 Å². The summed E-state index contributed by atoms with van der Waals surface area (Å²) in [6, 6.07) is 6.01. The largest absolute Gasteiger partial charge is 0.497 e. The molecule has 1 nitrogen and oxygen atoms in total. The lowest BCUT2D eigenvalue weighted by molar-refractivity contribution is 0.415. The highest BCUT2D eigenvalue weighted by Gasteiger charge is 2.07. The van der Waals surface area contributed by atoms with Gasteiger partial charge in [0, 0.05) is 14.6 Å². The minimum absolute atomic E-state index is 0.884. The number of thiophene rings is 1. The average molecular weight is 275 g/mol. The normalized spacial score (nSPS) is 10.7. The summed E-state index contributed by atoms with van der Waals surface area (Å²) >= 11 is 9.49. The maximum Gasteiger partial charge on any atom is 0.120 e. The van der Waals surface area contributed by atoms with Crippen molar-refractivity contribution in [2.45, 2.75) is 4.21 Å². The fourth-order valence-electron chi connectivity index (χ4n) is 1.16. The molecule has 2 aromatic rings. The van der Waals surface area contributed by atoms with Crippen molar-refractivity contribution >= 4 is 50.0 Å². The van der Waals surface area contributed by atoms with E-state index >= 15 is 0 Å². The standard InChI is InChI=1S/C9H7BrOS2/c1-11-5-2-3-6-7(4-5)13-9(12)8(6)10/h2-4,12H,1H3. The third-order valence-electron chi connectivity index (χ3n) is 1.82. The first kappa shape index (κ1) is 9.37. The molecule has 0 N–H and O–H groups in total. The molecule has 1 aromatic carbocycles. The number of rotatable bonds is 1. The minimum atomic E-state index is 0.884. The molecule has 13 heavy (non-hydrogen) atoms. The van der Waals surface area contributed by atoms with Gasteiger partial charge in [0.25, 0.3) is 0 Å². The molecule has 0 saturated carbocycles. The number of fused-ring (bicyclic) bond motifs is 1. The summed E-state index contributed by atoms with van der Waals surface area (Å²) in [4.78, 5) is 0. The molecule has 0 unspecified atom stereocenters. The zero-order valence-corrected chi connectivity index (χ0v) is 10.2. The Balaban J connectivity index is 2.73. The van der Waals surface area contributed by atoms with Crippen molar-refractivity contribution in [1.29, 1.82) is 0 Å². The molecular formula is C9H7BrOS2. The van der Waals surface area contributed by atoms with Gasteiger partial charge in [0.05, 0.1) is 11.3 Å². The van der Waals surface area contributed by atoms with Crippen LogP contribution in [0, 0.1) is 0 Å². The Morgan fingerprint density at radius 3 is 2.92 bits per heavy atom. The molecule has 0 saturated heterocycles. The van der Waals surface area contributed by atoms with Crippen molar-refractivity contribution < 1.29 is 4.74 Å². The fourth-order valence-corrected chi connectivity index (χ4v) is 3.16. The molecule has 1 aromatic heterocycles. The average Bonchev–Trinajstić information content (AvgIpc) is 2.42. The Labute approximate surface area is 94.3 Å². The summed E-state index contributed by atoms with van der Waals surface area (Å²) in [5.74, 6) is 0.884. The van der Waals surface area contributed by atoms with Crippen molar-refractivity contribution in [3.63, 3.8) is 0 Å². The monoisotopic (exact) mass is 274 g/mol. The Bertz CT molecular complexity index is 450. The zero-order valence-electron chi connectivity index (χ0n) is 6.87. The van der Waals surface area contributed by atoms with Crippen LogP contribution in [-0.2, 0) is 0 Å². The SMILES string of the molecule is COc1ccc2c(Br)c(S)sc2c1. The van der Waals surface area contributed by atoms with E-state index in [1.807, 2.05) is 18.2 Å². The number of methoxy groups -OCH3 is 1. The minimum Gasteiger partial charge on any atom is -0.497 e. The zero-order chi connectivity index (χ0) is 9.42. The Kier molecular flexibility index (Phi) is 2.53. The molecule has 68 valence electrons. The highest BCUT2D eigenvalue weighted by atomic mass is 79.9. The highest BCUT2D eigenvalue weighted by molar-refractivity contribution is 9.10. The highest BCUT2D eigenvalue weighted by Crippen LogP contribution is 2.39. The summed E-state index contributed by atoms with van der Waals surface area (Å²) < 4.78 is 8.40. The molecular weight excluding hydrogens is 268 g/mol. The molecule has 4 heteroatoms. The van der Waals surface area contributed by atoms with Gasteiger partial charge in [0.15, 0.2) is 0 Å². The van der Waals surface area contributed by atoms with E-state index in [2.05, 4.69) is 28.6 Å². The topological polar surface area (TPSA) is 9.23 Å². The van der Waals surface area contributed by atoms with Gasteiger partial charge in [-0.05, 0) is 34.1 Å². The number of hydrogen-bond donors (Lipinski definition) is 1. The van der Waals surface area contributed by atoms with Crippen molar-refractivity contribution in [3.05, 3.63) is 22.7 Å². The summed E-state index contributed by atoms with van der Waals surface area (Å²) in [5.41, 5.74) is 0. The van der Waals surface area contributed by atoms with Crippen LogP contribution in [0.5, 0.6) is 5.75 Å². The second-order valence-corrected chi connectivity index (χ2v) is 5.18. The molecule has 0 amide bonds. The Morgan fingerprint density at radius 1 is 1.46 bits per heavy atom. The van der Waals surface area contributed by atoms with Crippen LogP contribution in [0.25, 0.3) is 10.1 Å². The quantitative estimate of drug-likeness (QED) is 0.775. The van der Waals surface area contributed by atoms with Gasteiger partial charge in [0.1, 0.15) is 5.75 Å². The van der Waals surface area contributed by atoms with Gasteiger partial charge in [-0.3, -0.25) is 0 Å². The first-order chi connectivity index (χ1) is 6.22. The van der Waals surface area contributed by atoms with Crippen molar-refractivity contribution in [2.24, 2.45) is 0 Å². The van der Waals surface area contributed by atoms with Crippen molar-refractivity contribution in [2.75, 3.05) is 7.11 Å². The predicted octanol–water partition coefficient (Wildman–Crippen LogP) is 3.96. The lowest BCUT2D eigenvalue weighted by Crippen LogP contribution is -1.79. The maximum absolute atomic E-state index is 5.14. The first-order valence-corrected chi connectivity index (χ1v) is 5.73. The van der Waals surface area contributed by atoms with Gasteiger partial charge < -0.3 is 4.74 Å². The Morgan fingerprint density at radius 2 is 2.23 bits per heavy atom. The van der Waals surface area contributed by atoms with E-state index in [0.29, 0.717) is 0 Å². The lowest BCUT2D eigenvalue weighted by Gasteiger charge is -1.97. The van der Waals surface area contributed by atoms with Gasteiger partial charge >= 0.3 is 0 Å². The maximum atomic E-state index is 5.14. The number of halogens is 1. The summed E-state index contributed by atoms with van der Waals surface area (Å²) in [5, 5.41) is 1.19. The Hall–Kier alpha value is -0.190. The predicted molar refractivity (Wildman–Crippen MR) is 63.3 cm³/mol. The third kappa shape index (κ3) is 1.58. The molecule has 0 radical (unpaired) electrons. The molecule has 2 rings (SSSR count). The number of thiol groups is 1. The smallest absolute Gasteiger partial charge is 0.120 e. The van der Waals surface area contributed by atoms with Crippen LogP contribution in [0.15, 0.2) is 26.9 Å². The van der Waals surface area contributed by atoms with E-state index in [4.69, 9.17) is 4.74 Å². The number of ether oxygens (including phenoxy) is 1. The van der Waals surface area contributed by atoms with Crippen LogP contribution < -0.4 is 4.74 Å². The van der Waals surface area contributed by atoms with Crippen molar-refractivity contribution in [3.8, 4) is 5.75 Å². The molecule has 0 spiro atoms. The van der Waals surface area contributed by atoms with Gasteiger partial charge in [-0.25, -0.2) is 0 Å². The van der Waals surface area contributed by atoms with E-state index in [1.165, 1.54) is 10.1 Å². The molecule has 0 atom stereocenters. The van der Waals surface area contributed by atoms with E-state index in [-0.39, 0.29) is 0 Å². The summed E-state index contributed by atoms with van der Waals surface area (Å²) in [6.07, 6.45) is 0. The van der Waals surface area contributed by atoms with Crippen LogP contribution >= 0.6 is 39.9 Å². The van der Waals surface area contributed by atoms with E-state index in [1.54, 1.807) is 18.4 Å². The number of hydrogen-bond acceptors (Lipinski definition) is 3. The van der Waals surface area contributed by atoms with Crippen LogP contribution in [0.4, 0.5) is 0 Å². The van der Waals surface area contributed by atoms with Crippen molar-refractivity contribution in [1.82, 2.24) is 0 Å². The number of benzene rings is 1. The van der Waals surface area contributed by atoms with E-state index < -0.39 is 0 Å². The van der Waals surface area contributed by atoms with Gasteiger partial charge in [-0.1, -0.05) is 0 Å². The molecule has 1 heterocycles. The lowest BCUT2D eigenvalue weighted by atomic mass is 10.2. The first-order valence-electron chi connectivity index (χ1n) is 3.67. The summed E-state index contributed by atoms with van der Waals surface area (Å²) in [6.45, 7) is 0. The van der Waals surface area contributed by atoms with Gasteiger partial charge in [0.2, 0.25) is 0 Å². The van der Waals surface area contributed by atoms with Gasteiger partial charge in [-0.2, -0.15) is 0 Å². The molecule has 0 aliphatic carbocycles. The van der Waals surface area contributed by atoms with Gasteiger partial charge in [-0.15, -0.1) is 24.0 Å². The van der Waals surface area contributed by atoms with E-state index in [0.717, 1.165) is 14.4 Å². The molecule has 0 bridgehead atoms. The fraction of sp³-hybridized carbons (Fsp3) is 0.111. The van der Waals surface area contributed by atoms with Crippen LogP contribution in [0.3, 0.4) is 0 Å².